The number of piperazine rings is 1. The molecule has 1 saturated heterocycles. The summed E-state index contributed by atoms with van der Waals surface area (Å²) in [5.41, 5.74) is 2.07. The molecule has 1 heterocycles. The molecule has 112 valence electrons. The zero-order chi connectivity index (χ0) is 15.0. The second-order valence-corrected chi connectivity index (χ2v) is 6.16. The third kappa shape index (κ3) is 2.55. The first-order valence-electron chi connectivity index (χ1n) is 7.76. The van der Waals surface area contributed by atoms with Crippen molar-refractivity contribution in [3.05, 3.63) is 29.8 Å². The molecule has 1 aliphatic carbocycles. The van der Waals surface area contributed by atoms with E-state index >= 15 is 0 Å². The number of amides is 2. The molecule has 1 aliphatic heterocycles. The summed E-state index contributed by atoms with van der Waals surface area (Å²) in [6.07, 6.45) is 3.11. The second-order valence-electron chi connectivity index (χ2n) is 6.16. The summed E-state index contributed by atoms with van der Waals surface area (Å²) in [5.74, 6) is 0.358. The molecule has 0 radical (unpaired) electrons. The predicted octanol–water partition coefficient (Wildman–Crippen LogP) is 2.36. The minimum absolute atomic E-state index is 0.0273. The summed E-state index contributed by atoms with van der Waals surface area (Å²) in [5, 5.41) is 0. The van der Waals surface area contributed by atoms with Gasteiger partial charge in [-0.1, -0.05) is 18.6 Å². The van der Waals surface area contributed by atoms with Crippen molar-refractivity contribution in [1.82, 2.24) is 4.90 Å². The normalized spacial score (nSPS) is 23.1. The first-order chi connectivity index (χ1) is 10.1. The molecule has 0 bridgehead atoms. The van der Waals surface area contributed by atoms with Gasteiger partial charge in [0.15, 0.2) is 0 Å². The van der Waals surface area contributed by atoms with Crippen LogP contribution in [0.2, 0.25) is 0 Å². The van der Waals surface area contributed by atoms with Crippen molar-refractivity contribution in [3.8, 4) is 0 Å². The van der Waals surface area contributed by atoms with Crippen molar-refractivity contribution in [2.75, 3.05) is 18.0 Å². The van der Waals surface area contributed by atoms with Crippen LogP contribution in [-0.4, -0.2) is 35.8 Å². The molecule has 0 spiro atoms. The monoisotopic (exact) mass is 286 g/mol. The number of rotatable bonds is 2. The van der Waals surface area contributed by atoms with Gasteiger partial charge < -0.3 is 9.80 Å². The van der Waals surface area contributed by atoms with Crippen LogP contribution in [0, 0.1) is 12.8 Å². The molecule has 2 amide bonds. The Hall–Kier alpha value is -1.84. The molecule has 3 rings (SSSR count). The predicted molar refractivity (Wildman–Crippen MR) is 82.0 cm³/mol. The highest BCUT2D eigenvalue weighted by Crippen LogP contribution is 2.30. The molecular weight excluding hydrogens is 264 g/mol. The van der Waals surface area contributed by atoms with E-state index in [-0.39, 0.29) is 23.8 Å². The Balaban J connectivity index is 1.75. The molecule has 0 aromatic heterocycles. The van der Waals surface area contributed by atoms with Crippen LogP contribution in [0.4, 0.5) is 5.69 Å². The Morgan fingerprint density at radius 1 is 1.24 bits per heavy atom. The van der Waals surface area contributed by atoms with Gasteiger partial charge in [0.2, 0.25) is 11.8 Å². The van der Waals surface area contributed by atoms with Crippen LogP contribution < -0.4 is 4.90 Å². The number of nitrogens with zero attached hydrogens (tertiary/aromatic N) is 2. The molecule has 1 aromatic carbocycles. The number of carbonyl (C=O) groups is 2. The van der Waals surface area contributed by atoms with Crippen molar-refractivity contribution in [2.45, 2.75) is 39.2 Å². The first kappa shape index (κ1) is 14.1. The maximum Gasteiger partial charge on any atom is 0.249 e. The molecule has 4 nitrogen and oxygen atoms in total. The average molecular weight is 286 g/mol. The van der Waals surface area contributed by atoms with Gasteiger partial charge in [0.1, 0.15) is 6.04 Å². The lowest BCUT2D eigenvalue weighted by molar-refractivity contribution is -0.146. The number of hydrogen-bond acceptors (Lipinski definition) is 2. The van der Waals surface area contributed by atoms with Crippen molar-refractivity contribution < 1.29 is 9.59 Å². The van der Waals surface area contributed by atoms with Crippen LogP contribution >= 0.6 is 0 Å². The molecule has 1 saturated carbocycles. The van der Waals surface area contributed by atoms with Gasteiger partial charge in [0.25, 0.3) is 0 Å². The van der Waals surface area contributed by atoms with E-state index in [0.717, 1.165) is 30.5 Å². The molecule has 0 unspecified atom stereocenters. The number of benzene rings is 1. The number of aryl methyl sites for hydroxylation is 1. The van der Waals surface area contributed by atoms with E-state index in [1.807, 2.05) is 43.0 Å². The Morgan fingerprint density at radius 3 is 2.62 bits per heavy atom. The van der Waals surface area contributed by atoms with E-state index < -0.39 is 0 Å². The topological polar surface area (TPSA) is 40.6 Å². The number of carbonyl (C=O) groups excluding carboxylic acids is 2. The molecule has 2 fully saturated rings. The Morgan fingerprint density at radius 2 is 2.00 bits per heavy atom. The van der Waals surface area contributed by atoms with Gasteiger partial charge in [0, 0.05) is 24.7 Å². The highest BCUT2D eigenvalue weighted by atomic mass is 16.2. The quantitative estimate of drug-likeness (QED) is 0.837. The fourth-order valence-electron chi connectivity index (χ4n) is 3.11. The summed E-state index contributed by atoms with van der Waals surface area (Å²) in [7, 11) is 0. The molecule has 4 heteroatoms. The number of hydrogen-bond donors (Lipinski definition) is 0. The van der Waals surface area contributed by atoms with Crippen molar-refractivity contribution in [1.29, 1.82) is 0 Å². The van der Waals surface area contributed by atoms with Crippen molar-refractivity contribution >= 4 is 17.5 Å². The SMILES string of the molecule is Cc1cccc(N2CCN(C(=O)C3CCC3)[C@H](C)C2=O)c1. The molecule has 1 aromatic rings. The lowest BCUT2D eigenvalue weighted by Crippen LogP contribution is -2.59. The molecule has 1 atom stereocenters. The Labute approximate surface area is 125 Å². The lowest BCUT2D eigenvalue weighted by Gasteiger charge is -2.41. The van der Waals surface area contributed by atoms with Gasteiger partial charge in [-0.2, -0.15) is 0 Å². The highest BCUT2D eigenvalue weighted by Gasteiger charge is 2.38. The summed E-state index contributed by atoms with van der Waals surface area (Å²) in [6.45, 7) is 5.09. The minimum Gasteiger partial charge on any atom is -0.329 e. The van der Waals surface area contributed by atoms with E-state index in [1.165, 1.54) is 0 Å². The maximum absolute atomic E-state index is 12.6. The minimum atomic E-state index is -0.354. The van der Waals surface area contributed by atoms with Crippen LogP contribution in [0.15, 0.2) is 24.3 Å². The maximum atomic E-state index is 12.6. The van der Waals surface area contributed by atoms with Gasteiger partial charge in [-0.25, -0.2) is 0 Å². The van der Waals surface area contributed by atoms with Crippen molar-refractivity contribution in [2.24, 2.45) is 5.92 Å². The van der Waals surface area contributed by atoms with Gasteiger partial charge in [-0.05, 0) is 44.4 Å². The third-order valence-electron chi connectivity index (χ3n) is 4.71. The van der Waals surface area contributed by atoms with Crippen LogP contribution in [-0.2, 0) is 9.59 Å². The largest absolute Gasteiger partial charge is 0.329 e. The highest BCUT2D eigenvalue weighted by molar-refractivity contribution is 6.00. The summed E-state index contributed by atoms with van der Waals surface area (Å²) < 4.78 is 0. The van der Waals surface area contributed by atoms with Gasteiger partial charge in [0.05, 0.1) is 0 Å². The Kier molecular flexibility index (Phi) is 3.70. The third-order valence-corrected chi connectivity index (χ3v) is 4.71. The van der Waals surface area contributed by atoms with Gasteiger partial charge >= 0.3 is 0 Å². The zero-order valence-corrected chi connectivity index (χ0v) is 12.7. The van der Waals surface area contributed by atoms with E-state index in [2.05, 4.69) is 0 Å². The average Bonchev–Trinajstić information content (AvgIpc) is 2.39. The van der Waals surface area contributed by atoms with Gasteiger partial charge in [-0.15, -0.1) is 0 Å². The van der Waals surface area contributed by atoms with Gasteiger partial charge in [-0.3, -0.25) is 9.59 Å². The zero-order valence-electron chi connectivity index (χ0n) is 12.7. The van der Waals surface area contributed by atoms with Crippen molar-refractivity contribution in [3.63, 3.8) is 0 Å². The van der Waals surface area contributed by atoms with E-state index in [4.69, 9.17) is 0 Å². The molecule has 21 heavy (non-hydrogen) atoms. The summed E-state index contributed by atoms with van der Waals surface area (Å²) in [4.78, 5) is 28.6. The smallest absolute Gasteiger partial charge is 0.249 e. The standard InChI is InChI=1S/C17H22N2O2/c1-12-5-3-8-15(11-12)19-10-9-18(13(2)16(19)20)17(21)14-6-4-7-14/h3,5,8,11,13-14H,4,6-7,9-10H2,1-2H3/t13-/m1/s1. The van der Waals surface area contributed by atoms with Crippen LogP contribution in [0.3, 0.4) is 0 Å². The first-order valence-corrected chi connectivity index (χ1v) is 7.76. The van der Waals surface area contributed by atoms with E-state index in [0.29, 0.717) is 13.1 Å². The fourth-order valence-corrected chi connectivity index (χ4v) is 3.11. The van der Waals surface area contributed by atoms with Crippen LogP contribution in [0.25, 0.3) is 0 Å². The molecule has 0 N–H and O–H groups in total. The summed E-state index contributed by atoms with van der Waals surface area (Å²) in [6, 6.07) is 7.62. The molecular formula is C17H22N2O2. The van der Waals surface area contributed by atoms with Crippen LogP contribution in [0.1, 0.15) is 31.7 Å². The lowest BCUT2D eigenvalue weighted by atomic mass is 9.84. The number of anilines is 1. The van der Waals surface area contributed by atoms with E-state index in [1.54, 1.807) is 4.90 Å². The second kappa shape index (κ2) is 5.51. The summed E-state index contributed by atoms with van der Waals surface area (Å²) >= 11 is 0. The Bertz CT molecular complexity index is 566. The molecule has 2 aliphatic rings. The fraction of sp³-hybridized carbons (Fsp3) is 0.529. The van der Waals surface area contributed by atoms with E-state index in [9.17, 15) is 9.59 Å². The van der Waals surface area contributed by atoms with Crippen LogP contribution in [0.5, 0.6) is 0 Å².